The third-order valence-corrected chi connectivity index (χ3v) is 13.3. The van der Waals surface area contributed by atoms with E-state index in [0.717, 1.165) is 48.7 Å². The molecule has 2 aliphatic heterocycles. The molecule has 0 aromatic heterocycles. The van der Waals surface area contributed by atoms with Crippen LogP contribution in [0.3, 0.4) is 0 Å². The van der Waals surface area contributed by atoms with E-state index in [4.69, 9.17) is 18.9 Å². The van der Waals surface area contributed by atoms with Crippen LogP contribution in [-0.2, 0) is 22.4 Å². The van der Waals surface area contributed by atoms with Crippen molar-refractivity contribution in [1.82, 2.24) is 5.32 Å². The van der Waals surface area contributed by atoms with Crippen molar-refractivity contribution < 1.29 is 33.6 Å². The first kappa shape index (κ1) is 30.1. The van der Waals surface area contributed by atoms with Crippen LogP contribution in [0.25, 0.3) is 0 Å². The zero-order chi connectivity index (χ0) is 32.5. The van der Waals surface area contributed by atoms with E-state index in [9.17, 15) is 14.7 Å². The molecule has 3 saturated carbocycles. The monoisotopic (exact) mass is 651 g/mol. The van der Waals surface area contributed by atoms with Gasteiger partial charge in [0.25, 0.3) is 0 Å². The molecule has 2 aromatic carbocycles. The molecule has 2 heterocycles. The zero-order valence-corrected chi connectivity index (χ0v) is 27.5. The van der Waals surface area contributed by atoms with E-state index in [1.165, 1.54) is 11.1 Å². The average Bonchev–Trinajstić information content (AvgIpc) is 3.75. The molecule has 8 heteroatoms. The fourth-order valence-corrected chi connectivity index (χ4v) is 11.6. The van der Waals surface area contributed by atoms with Gasteiger partial charge in [-0.3, -0.25) is 9.59 Å². The lowest BCUT2D eigenvalue weighted by Crippen LogP contribution is -2.67. The smallest absolute Gasteiger partial charge is 0.303 e. The lowest BCUT2D eigenvalue weighted by atomic mass is 9.33. The van der Waals surface area contributed by atoms with Crippen LogP contribution >= 0.6 is 0 Å². The number of carbonyl (C=O) groups is 2. The van der Waals surface area contributed by atoms with Gasteiger partial charge in [-0.2, -0.15) is 0 Å². The van der Waals surface area contributed by atoms with E-state index < -0.39 is 5.97 Å². The molecule has 2 N–H and O–H groups in total. The standard InChI is InChI=1S/C40H45NO7/c1-2-41-35(42)18-30-29(15-22-7-13-32-34(17-22)48-20-46-32)39-25-10-11-27(40(30)39)38-24(25)8-9-26-28(23(37(26)38)4-3-5-36(43)44)14-21-6-12-31-33(16-21)47-19-45-31/h6-13,16-17,23-30,37-40H,2-5,14-15,18-20H2,1H3,(H,41,42)(H,43,44)/t23-,24-,25-,26-,27+,28-,29-,30-,37+,38-,39-,40+/m0/s1. The number of carboxylic acids is 1. The topological polar surface area (TPSA) is 103 Å². The van der Waals surface area contributed by atoms with E-state index >= 15 is 0 Å². The zero-order valence-electron chi connectivity index (χ0n) is 27.5. The van der Waals surface area contributed by atoms with Crippen molar-refractivity contribution in [3.63, 3.8) is 0 Å². The number of carboxylic acid groups (broad SMARTS) is 1. The number of hydrogen-bond acceptors (Lipinski definition) is 6. The summed E-state index contributed by atoms with van der Waals surface area (Å²) in [5.74, 6) is 8.52. The molecule has 1 amide bonds. The number of carbonyl (C=O) groups excluding carboxylic acids is 1. The van der Waals surface area contributed by atoms with Crippen molar-refractivity contribution in [3.8, 4) is 23.0 Å². The summed E-state index contributed by atoms with van der Waals surface area (Å²) in [5, 5.41) is 12.6. The van der Waals surface area contributed by atoms with Gasteiger partial charge in [0.2, 0.25) is 19.5 Å². The average molecular weight is 652 g/mol. The Morgan fingerprint density at radius 3 is 1.92 bits per heavy atom. The maximum absolute atomic E-state index is 13.2. The minimum absolute atomic E-state index is 0.166. The van der Waals surface area contributed by atoms with Gasteiger partial charge in [-0.1, -0.05) is 36.4 Å². The summed E-state index contributed by atoms with van der Waals surface area (Å²) in [6.45, 7) is 3.19. The Morgan fingerprint density at radius 1 is 0.688 bits per heavy atom. The molecule has 12 atom stereocenters. The first-order valence-corrected chi connectivity index (χ1v) is 18.1. The van der Waals surface area contributed by atoms with Gasteiger partial charge in [0, 0.05) is 19.4 Å². The van der Waals surface area contributed by atoms with Gasteiger partial charge >= 0.3 is 5.97 Å². The van der Waals surface area contributed by atoms with Gasteiger partial charge in [-0.15, -0.1) is 0 Å². The first-order chi connectivity index (χ1) is 23.5. The number of aliphatic carboxylic acids is 1. The van der Waals surface area contributed by atoms with Gasteiger partial charge in [0.1, 0.15) is 0 Å². The van der Waals surface area contributed by atoms with Gasteiger partial charge in [0.15, 0.2) is 23.0 Å². The fourth-order valence-electron chi connectivity index (χ4n) is 11.6. The van der Waals surface area contributed by atoms with E-state index in [-0.39, 0.29) is 25.9 Å². The highest BCUT2D eigenvalue weighted by Gasteiger charge is 2.67. The Bertz CT molecular complexity index is 1670. The summed E-state index contributed by atoms with van der Waals surface area (Å²) in [4.78, 5) is 24.7. The second kappa shape index (κ2) is 11.9. The number of hydrogen-bond donors (Lipinski definition) is 2. The van der Waals surface area contributed by atoms with Crippen LogP contribution in [0.2, 0.25) is 0 Å². The van der Waals surface area contributed by atoms with Crippen molar-refractivity contribution in [2.24, 2.45) is 71.0 Å². The first-order valence-electron chi connectivity index (χ1n) is 18.1. The Balaban J connectivity index is 1.00. The maximum atomic E-state index is 13.2. The van der Waals surface area contributed by atoms with E-state index in [1.807, 2.05) is 19.1 Å². The van der Waals surface area contributed by atoms with Crippen molar-refractivity contribution in [2.75, 3.05) is 20.1 Å². The van der Waals surface area contributed by atoms with Crippen molar-refractivity contribution in [1.29, 1.82) is 0 Å². The Hall–Kier alpha value is -3.94. The highest BCUT2D eigenvalue weighted by Crippen LogP contribution is 2.71. The van der Waals surface area contributed by atoms with Gasteiger partial charge < -0.3 is 29.4 Å². The van der Waals surface area contributed by atoms with E-state index in [1.54, 1.807) is 0 Å². The summed E-state index contributed by atoms with van der Waals surface area (Å²) >= 11 is 0. The Labute approximate surface area is 281 Å². The van der Waals surface area contributed by atoms with Crippen LogP contribution in [0.5, 0.6) is 23.0 Å². The van der Waals surface area contributed by atoms with Crippen LogP contribution in [0.1, 0.15) is 43.7 Å². The molecule has 0 radical (unpaired) electrons. The van der Waals surface area contributed by atoms with Crippen LogP contribution in [0, 0.1) is 71.0 Å². The van der Waals surface area contributed by atoms with Crippen LogP contribution in [0.15, 0.2) is 60.7 Å². The van der Waals surface area contributed by atoms with E-state index in [0.29, 0.717) is 84.0 Å². The quantitative estimate of drug-likeness (QED) is 0.276. The van der Waals surface area contributed by atoms with Crippen molar-refractivity contribution >= 4 is 11.9 Å². The van der Waals surface area contributed by atoms with Gasteiger partial charge in [-0.05, 0) is 139 Å². The normalized spacial score (nSPS) is 36.8. The summed E-state index contributed by atoms with van der Waals surface area (Å²) < 4.78 is 22.6. The molecule has 0 spiro atoms. The van der Waals surface area contributed by atoms with Gasteiger partial charge in [-0.25, -0.2) is 0 Å². The second-order valence-electron chi connectivity index (χ2n) is 15.3. The molecule has 0 unspecified atom stereocenters. The molecule has 0 saturated heterocycles. The Kier molecular flexibility index (Phi) is 7.46. The number of allylic oxidation sites excluding steroid dienone is 4. The molecular weight excluding hydrogens is 606 g/mol. The molecule has 48 heavy (non-hydrogen) atoms. The highest BCUT2D eigenvalue weighted by atomic mass is 16.7. The Morgan fingerprint density at radius 2 is 1.25 bits per heavy atom. The molecule has 8 aliphatic rings. The lowest BCUT2D eigenvalue weighted by Gasteiger charge is -2.71. The molecule has 3 fully saturated rings. The van der Waals surface area contributed by atoms with E-state index in [2.05, 4.69) is 53.9 Å². The largest absolute Gasteiger partial charge is 0.481 e. The minimum atomic E-state index is -0.710. The number of ether oxygens (including phenoxy) is 4. The molecule has 2 bridgehead atoms. The van der Waals surface area contributed by atoms with Crippen LogP contribution in [-0.4, -0.2) is 37.1 Å². The maximum Gasteiger partial charge on any atom is 0.303 e. The number of fused-ring (bicyclic) bond motifs is 3. The third-order valence-electron chi connectivity index (χ3n) is 13.3. The summed E-state index contributed by atoms with van der Waals surface area (Å²) in [5.41, 5.74) is 2.52. The van der Waals surface area contributed by atoms with Crippen molar-refractivity contribution in [2.45, 2.75) is 45.4 Å². The predicted octanol–water partition coefficient (Wildman–Crippen LogP) is 6.29. The molecule has 6 aliphatic carbocycles. The SMILES string of the molecule is CCNC(=O)C[C@H]1[C@H](Cc2ccc3c(c2)OCO3)[C@@H]2[C@H]3C=C[C@H]([C@@H]4[C@H]3C=C[C@H]3[C@@H](Cc5ccc6c(c5)OCO6)[C@H](CCCC(=O)O)[C@H]34)[C@H]12. The number of amides is 1. The highest BCUT2D eigenvalue weighted by molar-refractivity contribution is 5.76. The summed E-state index contributed by atoms with van der Waals surface area (Å²) in [7, 11) is 0. The number of rotatable bonds is 11. The number of nitrogens with one attached hydrogen (secondary N) is 1. The summed E-state index contributed by atoms with van der Waals surface area (Å²) in [6.07, 6.45) is 14.5. The third kappa shape index (κ3) is 4.84. The molecule has 10 rings (SSSR count). The fraction of sp³-hybridized carbons (Fsp3) is 0.550. The minimum Gasteiger partial charge on any atom is -0.481 e. The molecule has 252 valence electrons. The summed E-state index contributed by atoms with van der Waals surface area (Å²) in [6, 6.07) is 12.7. The van der Waals surface area contributed by atoms with Gasteiger partial charge in [0.05, 0.1) is 0 Å². The van der Waals surface area contributed by atoms with Crippen LogP contribution < -0.4 is 24.3 Å². The molecule has 8 nitrogen and oxygen atoms in total. The van der Waals surface area contributed by atoms with Crippen molar-refractivity contribution in [3.05, 3.63) is 71.8 Å². The molecular formula is C40H45NO7. The number of benzene rings is 2. The second-order valence-corrected chi connectivity index (χ2v) is 15.3. The predicted molar refractivity (Wildman–Crippen MR) is 177 cm³/mol. The lowest BCUT2D eigenvalue weighted by molar-refractivity contribution is -0.191. The van der Waals surface area contributed by atoms with Crippen LogP contribution in [0.4, 0.5) is 0 Å². The molecule has 2 aromatic rings.